The highest BCUT2D eigenvalue weighted by Crippen LogP contribution is 2.33. The molecule has 1 aliphatic rings. The maximum absolute atomic E-state index is 13.1. The molecule has 25 heavy (non-hydrogen) atoms. The van der Waals surface area contributed by atoms with Gasteiger partial charge in [-0.05, 0) is 17.2 Å². The number of para-hydroxylation sites is 1. The lowest BCUT2D eigenvalue weighted by Gasteiger charge is -2.20. The second-order valence-corrected chi connectivity index (χ2v) is 6.16. The molecule has 0 bridgehead atoms. The van der Waals surface area contributed by atoms with Gasteiger partial charge in [-0.2, -0.15) is 0 Å². The van der Waals surface area contributed by atoms with E-state index in [0.717, 1.165) is 22.4 Å². The van der Waals surface area contributed by atoms with Gasteiger partial charge in [0.1, 0.15) is 12.4 Å². The number of rotatable bonds is 4. The summed E-state index contributed by atoms with van der Waals surface area (Å²) < 4.78 is 5.69. The van der Waals surface area contributed by atoms with Gasteiger partial charge in [-0.1, -0.05) is 78.9 Å². The summed E-state index contributed by atoms with van der Waals surface area (Å²) in [6, 6.07) is 27.5. The number of ether oxygens (including phenoxy) is 1. The Morgan fingerprint density at radius 3 is 2.04 bits per heavy atom. The van der Waals surface area contributed by atoms with Gasteiger partial charge in [-0.3, -0.25) is 4.79 Å². The SMILES string of the molecule is O=C(N[C@H]1COc2ccccc21)C(c1ccccc1)c1ccccc1. The summed E-state index contributed by atoms with van der Waals surface area (Å²) in [6.07, 6.45) is 0. The first-order valence-corrected chi connectivity index (χ1v) is 8.45. The number of hydrogen-bond donors (Lipinski definition) is 1. The molecule has 0 aromatic heterocycles. The maximum Gasteiger partial charge on any atom is 0.232 e. The predicted molar refractivity (Wildman–Crippen MR) is 97.5 cm³/mol. The average Bonchev–Trinajstić information content (AvgIpc) is 3.07. The van der Waals surface area contributed by atoms with Crippen molar-refractivity contribution in [3.05, 3.63) is 102 Å². The van der Waals surface area contributed by atoms with Crippen LogP contribution in [0.4, 0.5) is 0 Å². The van der Waals surface area contributed by atoms with E-state index in [2.05, 4.69) is 5.32 Å². The molecule has 0 fully saturated rings. The lowest BCUT2D eigenvalue weighted by Crippen LogP contribution is -2.34. The molecule has 1 N–H and O–H groups in total. The zero-order chi connectivity index (χ0) is 17.1. The number of nitrogens with one attached hydrogen (secondary N) is 1. The van der Waals surface area contributed by atoms with E-state index in [4.69, 9.17) is 4.74 Å². The Balaban J connectivity index is 1.63. The molecule has 1 amide bonds. The van der Waals surface area contributed by atoms with Gasteiger partial charge in [-0.15, -0.1) is 0 Å². The van der Waals surface area contributed by atoms with Crippen LogP contribution < -0.4 is 10.1 Å². The van der Waals surface area contributed by atoms with Crippen molar-refractivity contribution >= 4 is 5.91 Å². The van der Waals surface area contributed by atoms with Crippen LogP contribution in [0.15, 0.2) is 84.9 Å². The third kappa shape index (κ3) is 3.13. The summed E-state index contributed by atoms with van der Waals surface area (Å²) in [5.74, 6) is 0.502. The number of fused-ring (bicyclic) bond motifs is 1. The van der Waals surface area contributed by atoms with E-state index in [1.54, 1.807) is 0 Å². The van der Waals surface area contributed by atoms with E-state index in [1.807, 2.05) is 84.9 Å². The number of carbonyl (C=O) groups is 1. The fourth-order valence-electron chi connectivity index (χ4n) is 3.32. The number of amides is 1. The van der Waals surface area contributed by atoms with Gasteiger partial charge < -0.3 is 10.1 Å². The van der Waals surface area contributed by atoms with Gasteiger partial charge in [0, 0.05) is 5.56 Å². The molecule has 3 aromatic rings. The van der Waals surface area contributed by atoms with Crippen LogP contribution in [-0.4, -0.2) is 12.5 Å². The molecule has 0 unspecified atom stereocenters. The summed E-state index contributed by atoms with van der Waals surface area (Å²) >= 11 is 0. The summed E-state index contributed by atoms with van der Waals surface area (Å²) in [5.41, 5.74) is 3.01. The fourth-order valence-corrected chi connectivity index (χ4v) is 3.32. The highest BCUT2D eigenvalue weighted by molar-refractivity contribution is 5.87. The largest absolute Gasteiger partial charge is 0.491 e. The normalized spacial score (nSPS) is 15.5. The topological polar surface area (TPSA) is 38.3 Å². The first-order valence-electron chi connectivity index (χ1n) is 8.45. The molecule has 1 aliphatic heterocycles. The molecule has 1 atom stereocenters. The van der Waals surface area contributed by atoms with Gasteiger partial charge in [0.2, 0.25) is 5.91 Å². The van der Waals surface area contributed by atoms with Gasteiger partial charge >= 0.3 is 0 Å². The van der Waals surface area contributed by atoms with Crippen molar-refractivity contribution in [1.82, 2.24) is 5.32 Å². The van der Waals surface area contributed by atoms with E-state index in [9.17, 15) is 4.79 Å². The molecule has 0 saturated carbocycles. The van der Waals surface area contributed by atoms with Crippen LogP contribution in [0, 0.1) is 0 Å². The van der Waals surface area contributed by atoms with Crippen LogP contribution in [0.25, 0.3) is 0 Å². The first-order chi connectivity index (χ1) is 12.3. The van der Waals surface area contributed by atoms with Crippen LogP contribution in [-0.2, 0) is 4.79 Å². The second kappa shape index (κ2) is 6.81. The van der Waals surface area contributed by atoms with Crippen LogP contribution in [0.5, 0.6) is 5.75 Å². The molecule has 4 rings (SSSR count). The van der Waals surface area contributed by atoms with Crippen molar-refractivity contribution in [3.63, 3.8) is 0 Å². The molecule has 0 spiro atoms. The minimum Gasteiger partial charge on any atom is -0.491 e. The van der Waals surface area contributed by atoms with E-state index in [1.165, 1.54) is 0 Å². The minimum atomic E-state index is -0.338. The van der Waals surface area contributed by atoms with Gasteiger partial charge in [0.25, 0.3) is 0 Å². The molecule has 3 nitrogen and oxygen atoms in total. The maximum atomic E-state index is 13.1. The van der Waals surface area contributed by atoms with Gasteiger partial charge in [-0.25, -0.2) is 0 Å². The van der Waals surface area contributed by atoms with Crippen molar-refractivity contribution < 1.29 is 9.53 Å². The van der Waals surface area contributed by atoms with Crippen molar-refractivity contribution in [1.29, 1.82) is 0 Å². The highest BCUT2D eigenvalue weighted by Gasteiger charge is 2.29. The number of hydrogen-bond acceptors (Lipinski definition) is 2. The van der Waals surface area contributed by atoms with Crippen molar-refractivity contribution in [2.24, 2.45) is 0 Å². The Morgan fingerprint density at radius 2 is 1.40 bits per heavy atom. The molecular weight excluding hydrogens is 310 g/mol. The average molecular weight is 329 g/mol. The van der Waals surface area contributed by atoms with Crippen LogP contribution in [0.1, 0.15) is 28.7 Å². The van der Waals surface area contributed by atoms with E-state index < -0.39 is 0 Å². The first kappa shape index (κ1) is 15.5. The predicted octanol–water partition coefficient (Wildman–Crippen LogP) is 4.07. The molecular formula is C22H19NO2. The molecule has 3 aromatic carbocycles. The van der Waals surface area contributed by atoms with Crippen LogP contribution in [0.2, 0.25) is 0 Å². The fraction of sp³-hybridized carbons (Fsp3) is 0.136. The summed E-state index contributed by atoms with van der Waals surface area (Å²) in [4.78, 5) is 13.1. The summed E-state index contributed by atoms with van der Waals surface area (Å²) in [5, 5.41) is 3.17. The second-order valence-electron chi connectivity index (χ2n) is 6.16. The molecule has 3 heteroatoms. The highest BCUT2D eigenvalue weighted by atomic mass is 16.5. The van der Waals surface area contributed by atoms with Gasteiger partial charge in [0.05, 0.1) is 12.0 Å². The lowest BCUT2D eigenvalue weighted by atomic mass is 9.90. The Hall–Kier alpha value is -3.07. The van der Waals surface area contributed by atoms with Crippen molar-refractivity contribution in [2.75, 3.05) is 6.61 Å². The van der Waals surface area contributed by atoms with E-state index >= 15 is 0 Å². The Morgan fingerprint density at radius 1 is 0.840 bits per heavy atom. The molecule has 0 aliphatic carbocycles. The van der Waals surface area contributed by atoms with Gasteiger partial charge in [0.15, 0.2) is 0 Å². The zero-order valence-electron chi connectivity index (χ0n) is 13.8. The monoisotopic (exact) mass is 329 g/mol. The third-order valence-corrected chi connectivity index (χ3v) is 4.54. The van der Waals surface area contributed by atoms with Crippen LogP contribution >= 0.6 is 0 Å². The van der Waals surface area contributed by atoms with Crippen molar-refractivity contribution in [2.45, 2.75) is 12.0 Å². The molecule has 124 valence electrons. The van der Waals surface area contributed by atoms with Crippen molar-refractivity contribution in [3.8, 4) is 5.75 Å². The Labute approximate surface area is 147 Å². The molecule has 0 saturated heterocycles. The Kier molecular flexibility index (Phi) is 4.21. The minimum absolute atomic E-state index is 0.0114. The Bertz CT molecular complexity index is 822. The number of benzene rings is 3. The third-order valence-electron chi connectivity index (χ3n) is 4.54. The molecule has 0 radical (unpaired) electrons. The standard InChI is InChI=1S/C22H19NO2/c24-22(23-19-15-25-20-14-8-7-13-18(19)20)21(16-9-3-1-4-10-16)17-11-5-2-6-12-17/h1-14,19,21H,15H2,(H,23,24)/t19-/m0/s1. The smallest absolute Gasteiger partial charge is 0.232 e. The lowest BCUT2D eigenvalue weighted by molar-refractivity contribution is -0.122. The van der Waals surface area contributed by atoms with E-state index in [0.29, 0.717) is 6.61 Å². The summed E-state index contributed by atoms with van der Waals surface area (Å²) in [6.45, 7) is 0.474. The summed E-state index contributed by atoms with van der Waals surface area (Å²) in [7, 11) is 0. The molecule has 1 heterocycles. The number of carbonyl (C=O) groups excluding carboxylic acids is 1. The van der Waals surface area contributed by atoms with E-state index in [-0.39, 0.29) is 17.9 Å². The quantitative estimate of drug-likeness (QED) is 0.783. The van der Waals surface area contributed by atoms with Crippen LogP contribution in [0.3, 0.4) is 0 Å². The zero-order valence-corrected chi connectivity index (χ0v) is 13.8.